The number of hydrogen-bond donors (Lipinski definition) is 1. The van der Waals surface area contributed by atoms with Gasteiger partial charge < -0.3 is 9.52 Å². The predicted octanol–water partition coefficient (Wildman–Crippen LogP) is 3.38. The Morgan fingerprint density at radius 1 is 1.35 bits per heavy atom. The fourth-order valence-corrected chi connectivity index (χ4v) is 2.88. The fraction of sp³-hybridized carbons (Fsp3) is 0.267. The second-order valence-electron chi connectivity index (χ2n) is 4.66. The number of hydrogen-bond acceptors (Lipinski definition) is 4. The summed E-state index contributed by atoms with van der Waals surface area (Å²) in [4.78, 5) is 14.8. The standard InChI is InChI=1S/C15H17NO3S/c1-11-3-4-12(19-11)9-16(2)10-14-6-5-13(20-14)7-8-15(17)18/h3-8H,9-10H2,1-2H3,(H,17,18). The van der Waals surface area contributed by atoms with Crippen LogP contribution in [0.2, 0.25) is 0 Å². The normalized spacial score (nSPS) is 11.6. The van der Waals surface area contributed by atoms with E-state index in [-0.39, 0.29) is 0 Å². The lowest BCUT2D eigenvalue weighted by Gasteiger charge is -2.13. The van der Waals surface area contributed by atoms with E-state index in [1.54, 1.807) is 17.4 Å². The van der Waals surface area contributed by atoms with Crippen LogP contribution in [0.4, 0.5) is 0 Å². The quantitative estimate of drug-likeness (QED) is 0.829. The van der Waals surface area contributed by atoms with Gasteiger partial charge in [-0.3, -0.25) is 4.90 Å². The number of carbonyl (C=O) groups is 1. The van der Waals surface area contributed by atoms with E-state index in [4.69, 9.17) is 9.52 Å². The van der Waals surface area contributed by atoms with E-state index >= 15 is 0 Å². The molecule has 0 aliphatic rings. The molecule has 5 heteroatoms. The van der Waals surface area contributed by atoms with Gasteiger partial charge in [0.25, 0.3) is 0 Å². The molecule has 0 unspecified atom stereocenters. The molecule has 0 fully saturated rings. The van der Waals surface area contributed by atoms with Crippen LogP contribution in [0.1, 0.15) is 21.3 Å². The zero-order valence-electron chi connectivity index (χ0n) is 11.5. The highest BCUT2D eigenvalue weighted by Crippen LogP contribution is 2.20. The van der Waals surface area contributed by atoms with Gasteiger partial charge in [-0.05, 0) is 44.3 Å². The number of rotatable bonds is 6. The van der Waals surface area contributed by atoms with Gasteiger partial charge in [-0.25, -0.2) is 4.79 Å². The van der Waals surface area contributed by atoms with Crippen LogP contribution in [0.5, 0.6) is 0 Å². The lowest BCUT2D eigenvalue weighted by atomic mass is 10.3. The summed E-state index contributed by atoms with van der Waals surface area (Å²) in [6, 6.07) is 7.91. The van der Waals surface area contributed by atoms with Gasteiger partial charge in [-0.2, -0.15) is 0 Å². The van der Waals surface area contributed by atoms with Crippen LogP contribution in [-0.2, 0) is 17.9 Å². The Morgan fingerprint density at radius 2 is 2.15 bits per heavy atom. The minimum atomic E-state index is -0.926. The largest absolute Gasteiger partial charge is 0.478 e. The molecule has 2 rings (SSSR count). The lowest BCUT2D eigenvalue weighted by molar-refractivity contribution is -0.131. The number of nitrogens with zero attached hydrogens (tertiary/aromatic N) is 1. The van der Waals surface area contributed by atoms with Crippen molar-refractivity contribution in [2.75, 3.05) is 7.05 Å². The molecule has 0 radical (unpaired) electrons. The number of carboxylic acids is 1. The van der Waals surface area contributed by atoms with E-state index < -0.39 is 5.97 Å². The molecule has 0 saturated carbocycles. The van der Waals surface area contributed by atoms with Crippen molar-refractivity contribution in [1.82, 2.24) is 4.90 Å². The van der Waals surface area contributed by atoms with Gasteiger partial charge in [0.05, 0.1) is 6.54 Å². The van der Waals surface area contributed by atoms with Crippen LogP contribution in [0, 0.1) is 6.92 Å². The first-order valence-electron chi connectivity index (χ1n) is 6.26. The third-order valence-electron chi connectivity index (χ3n) is 2.72. The number of aryl methyl sites for hydroxylation is 1. The molecule has 20 heavy (non-hydrogen) atoms. The summed E-state index contributed by atoms with van der Waals surface area (Å²) in [7, 11) is 2.03. The summed E-state index contributed by atoms with van der Waals surface area (Å²) >= 11 is 1.60. The molecule has 1 N–H and O–H groups in total. The monoisotopic (exact) mass is 291 g/mol. The molecule has 0 aliphatic carbocycles. The Labute approximate surface area is 122 Å². The molecule has 0 amide bonds. The van der Waals surface area contributed by atoms with E-state index in [2.05, 4.69) is 4.90 Å². The van der Waals surface area contributed by atoms with Gasteiger partial charge in [0, 0.05) is 22.4 Å². The third kappa shape index (κ3) is 4.36. The molecular formula is C15H17NO3S. The van der Waals surface area contributed by atoms with Crippen molar-refractivity contribution >= 4 is 23.4 Å². The van der Waals surface area contributed by atoms with Crippen LogP contribution in [0.25, 0.3) is 6.08 Å². The van der Waals surface area contributed by atoms with Crippen molar-refractivity contribution < 1.29 is 14.3 Å². The average Bonchev–Trinajstić information content (AvgIpc) is 2.96. The van der Waals surface area contributed by atoms with Crippen LogP contribution in [0.15, 0.2) is 34.8 Å². The molecule has 2 aromatic heterocycles. The molecule has 2 heterocycles. The summed E-state index contributed by atoms with van der Waals surface area (Å²) in [5.74, 6) is 0.948. The Kier molecular flexibility index (Phi) is 4.76. The summed E-state index contributed by atoms with van der Waals surface area (Å²) < 4.78 is 5.55. The fourth-order valence-electron chi connectivity index (χ4n) is 1.88. The van der Waals surface area contributed by atoms with Gasteiger partial charge in [0.1, 0.15) is 11.5 Å². The smallest absolute Gasteiger partial charge is 0.328 e. The number of carboxylic acid groups (broad SMARTS) is 1. The highest BCUT2D eigenvalue weighted by atomic mass is 32.1. The van der Waals surface area contributed by atoms with Crippen LogP contribution >= 0.6 is 11.3 Å². The van der Waals surface area contributed by atoms with Crippen molar-refractivity contribution in [2.24, 2.45) is 0 Å². The molecule has 2 aromatic rings. The van der Waals surface area contributed by atoms with E-state index in [9.17, 15) is 4.79 Å². The minimum Gasteiger partial charge on any atom is -0.478 e. The zero-order valence-corrected chi connectivity index (χ0v) is 12.3. The number of furan rings is 1. The van der Waals surface area contributed by atoms with E-state index in [0.717, 1.165) is 35.6 Å². The first-order valence-corrected chi connectivity index (χ1v) is 7.08. The van der Waals surface area contributed by atoms with Gasteiger partial charge in [0.2, 0.25) is 0 Å². The highest BCUT2D eigenvalue weighted by Gasteiger charge is 2.06. The number of thiophene rings is 1. The molecule has 106 valence electrons. The van der Waals surface area contributed by atoms with Crippen LogP contribution in [-0.4, -0.2) is 23.0 Å². The van der Waals surface area contributed by atoms with Crippen molar-refractivity contribution in [3.8, 4) is 0 Å². The predicted molar refractivity (Wildman–Crippen MR) is 79.6 cm³/mol. The Balaban J connectivity index is 1.91. The summed E-state index contributed by atoms with van der Waals surface area (Å²) in [6.45, 7) is 3.50. The van der Waals surface area contributed by atoms with E-state index in [1.807, 2.05) is 38.2 Å². The van der Waals surface area contributed by atoms with Gasteiger partial charge in [-0.15, -0.1) is 11.3 Å². The zero-order chi connectivity index (χ0) is 14.5. The molecule has 0 aromatic carbocycles. The number of aliphatic carboxylic acids is 1. The highest BCUT2D eigenvalue weighted by molar-refractivity contribution is 7.12. The molecular weight excluding hydrogens is 274 g/mol. The second-order valence-corrected chi connectivity index (χ2v) is 5.86. The Morgan fingerprint density at radius 3 is 2.80 bits per heavy atom. The van der Waals surface area contributed by atoms with Crippen molar-refractivity contribution in [3.63, 3.8) is 0 Å². The minimum absolute atomic E-state index is 0.756. The SMILES string of the molecule is Cc1ccc(CN(C)Cc2ccc(C=CC(=O)O)s2)o1. The maximum absolute atomic E-state index is 10.5. The Bertz CT molecular complexity index is 612. The van der Waals surface area contributed by atoms with Crippen molar-refractivity contribution in [3.05, 3.63) is 51.6 Å². The topological polar surface area (TPSA) is 53.7 Å². The molecule has 0 saturated heterocycles. The molecule has 0 bridgehead atoms. The first kappa shape index (κ1) is 14.6. The first-order chi connectivity index (χ1) is 9.52. The molecule has 0 atom stereocenters. The third-order valence-corrected chi connectivity index (χ3v) is 3.76. The van der Waals surface area contributed by atoms with E-state index in [1.165, 1.54) is 4.88 Å². The molecule has 0 spiro atoms. The van der Waals surface area contributed by atoms with Crippen LogP contribution < -0.4 is 0 Å². The maximum atomic E-state index is 10.5. The van der Waals surface area contributed by atoms with Crippen molar-refractivity contribution in [2.45, 2.75) is 20.0 Å². The Hall–Kier alpha value is -1.85. The van der Waals surface area contributed by atoms with Crippen molar-refractivity contribution in [1.29, 1.82) is 0 Å². The van der Waals surface area contributed by atoms with Gasteiger partial charge in [-0.1, -0.05) is 0 Å². The average molecular weight is 291 g/mol. The maximum Gasteiger partial charge on any atom is 0.328 e. The van der Waals surface area contributed by atoms with Gasteiger partial charge >= 0.3 is 5.97 Å². The summed E-state index contributed by atoms with van der Waals surface area (Å²) in [5.41, 5.74) is 0. The molecule has 4 nitrogen and oxygen atoms in total. The lowest BCUT2D eigenvalue weighted by Crippen LogP contribution is -2.15. The van der Waals surface area contributed by atoms with Gasteiger partial charge in [0.15, 0.2) is 0 Å². The van der Waals surface area contributed by atoms with Crippen LogP contribution in [0.3, 0.4) is 0 Å². The second kappa shape index (κ2) is 6.54. The van der Waals surface area contributed by atoms with E-state index in [0.29, 0.717) is 0 Å². The molecule has 0 aliphatic heterocycles. The summed E-state index contributed by atoms with van der Waals surface area (Å²) in [6.07, 6.45) is 2.78. The summed E-state index contributed by atoms with van der Waals surface area (Å²) in [5, 5.41) is 8.59.